The lowest BCUT2D eigenvalue weighted by molar-refractivity contribution is -0.136. The summed E-state index contributed by atoms with van der Waals surface area (Å²) in [5.41, 5.74) is 2.28. The molecule has 350 valence electrons. The van der Waals surface area contributed by atoms with E-state index in [0.29, 0.717) is 117 Å². The maximum atomic E-state index is 13.2. The number of anilines is 5. The topological polar surface area (TPSA) is 236 Å². The zero-order chi connectivity index (χ0) is 46.6. The number of amides is 6. The number of ether oxygens (including phenoxy) is 4. The molecule has 2 aromatic heterocycles. The van der Waals surface area contributed by atoms with E-state index in [0.717, 1.165) is 16.3 Å². The minimum absolute atomic E-state index is 0.0186. The molecule has 0 radical (unpaired) electrons. The Hall–Kier alpha value is -6.10. The molecule has 0 saturated carbocycles. The van der Waals surface area contributed by atoms with Gasteiger partial charge < -0.3 is 44.7 Å². The number of nitrogens with zero attached hydrogens (tertiary/aromatic N) is 6. The molecular formula is C44H51ClN10O10S. The van der Waals surface area contributed by atoms with Crippen LogP contribution in [0.5, 0.6) is 0 Å². The van der Waals surface area contributed by atoms with E-state index in [9.17, 15) is 28.8 Å². The SMILES string of the molecule is Cc1nc(Nc2ncc(C(=O)Nc3c(C)cccc3Cl)s2)cc(N2CCN(C(=O)CCOCCOCCOCCOCCNc3cccc4c3C(=O)N(C3CCC(=O)NC3=O)C4=O)CC2)n1. The molecule has 0 bridgehead atoms. The number of carbonyl (C=O) groups is 6. The van der Waals surface area contributed by atoms with Gasteiger partial charge in [-0.1, -0.05) is 41.1 Å². The molecule has 2 aromatic carbocycles. The second-order valence-corrected chi connectivity index (χ2v) is 16.8. The second kappa shape index (κ2) is 22.9. The lowest BCUT2D eigenvalue weighted by Crippen LogP contribution is -2.54. The Morgan fingerprint density at radius 1 is 0.864 bits per heavy atom. The number of nitrogens with one attached hydrogen (secondary N) is 4. The van der Waals surface area contributed by atoms with Crippen molar-refractivity contribution < 1.29 is 47.7 Å². The van der Waals surface area contributed by atoms with Crippen LogP contribution in [-0.2, 0) is 33.3 Å². The third-order valence-electron chi connectivity index (χ3n) is 10.8. The molecule has 22 heteroatoms. The van der Waals surface area contributed by atoms with Crippen LogP contribution in [0.4, 0.5) is 28.1 Å². The quantitative estimate of drug-likeness (QED) is 0.0648. The smallest absolute Gasteiger partial charge is 0.267 e. The number of hydrogen-bond donors (Lipinski definition) is 4. The van der Waals surface area contributed by atoms with Crippen molar-refractivity contribution in [3.8, 4) is 0 Å². The Morgan fingerprint density at radius 3 is 2.27 bits per heavy atom. The number of thiazole rings is 1. The van der Waals surface area contributed by atoms with Gasteiger partial charge in [-0.2, -0.15) is 0 Å². The van der Waals surface area contributed by atoms with Crippen molar-refractivity contribution in [3.63, 3.8) is 0 Å². The fourth-order valence-electron chi connectivity index (χ4n) is 7.47. The van der Waals surface area contributed by atoms with E-state index in [2.05, 4.69) is 41.1 Å². The van der Waals surface area contributed by atoms with Crippen LogP contribution in [0.15, 0.2) is 48.7 Å². The molecule has 4 N–H and O–H groups in total. The Balaban J connectivity index is 0.703. The van der Waals surface area contributed by atoms with E-state index >= 15 is 0 Å². The number of hydrogen-bond acceptors (Lipinski definition) is 17. The zero-order valence-corrected chi connectivity index (χ0v) is 38.1. The summed E-state index contributed by atoms with van der Waals surface area (Å²) in [6.45, 7) is 9.06. The van der Waals surface area contributed by atoms with Gasteiger partial charge in [0.1, 0.15) is 28.4 Å². The molecule has 0 aliphatic carbocycles. The third-order valence-corrected chi connectivity index (χ3v) is 12.0. The predicted molar refractivity (Wildman–Crippen MR) is 245 cm³/mol. The number of aryl methyl sites for hydroxylation is 2. The molecule has 2 saturated heterocycles. The molecule has 20 nitrogen and oxygen atoms in total. The highest BCUT2D eigenvalue weighted by molar-refractivity contribution is 7.17. The van der Waals surface area contributed by atoms with Gasteiger partial charge in [0.05, 0.1) is 87.3 Å². The first kappa shape index (κ1) is 47.9. The first-order valence-corrected chi connectivity index (χ1v) is 22.7. The van der Waals surface area contributed by atoms with Crippen LogP contribution < -0.4 is 26.2 Å². The van der Waals surface area contributed by atoms with Crippen LogP contribution in [0.3, 0.4) is 0 Å². The molecule has 3 aliphatic heterocycles. The molecule has 4 aromatic rings. The highest BCUT2D eigenvalue weighted by atomic mass is 35.5. The van der Waals surface area contributed by atoms with Crippen LogP contribution >= 0.6 is 22.9 Å². The van der Waals surface area contributed by atoms with Crippen molar-refractivity contribution in [1.82, 2.24) is 30.1 Å². The van der Waals surface area contributed by atoms with Crippen molar-refractivity contribution in [3.05, 3.63) is 81.1 Å². The largest absolute Gasteiger partial charge is 0.382 e. The summed E-state index contributed by atoms with van der Waals surface area (Å²) < 4.78 is 22.4. The minimum Gasteiger partial charge on any atom is -0.382 e. The van der Waals surface area contributed by atoms with Gasteiger partial charge in [0.15, 0.2) is 5.13 Å². The summed E-state index contributed by atoms with van der Waals surface area (Å²) in [6.07, 6.45) is 1.91. The van der Waals surface area contributed by atoms with Crippen molar-refractivity contribution in [1.29, 1.82) is 0 Å². The minimum atomic E-state index is -1.03. The Bertz CT molecular complexity index is 2410. The summed E-state index contributed by atoms with van der Waals surface area (Å²) in [5, 5.41) is 12.3. The van der Waals surface area contributed by atoms with E-state index in [1.54, 1.807) is 31.2 Å². The monoisotopic (exact) mass is 946 g/mol. The maximum absolute atomic E-state index is 13.2. The van der Waals surface area contributed by atoms with Gasteiger partial charge in [0.2, 0.25) is 17.7 Å². The number of piperidine rings is 1. The first-order valence-electron chi connectivity index (χ1n) is 21.5. The average Bonchev–Trinajstić information content (AvgIpc) is 3.87. The number of carbonyl (C=O) groups excluding carboxylic acids is 6. The normalized spacial score (nSPS) is 16.1. The van der Waals surface area contributed by atoms with E-state index in [1.807, 2.05) is 30.0 Å². The van der Waals surface area contributed by atoms with Crippen LogP contribution in [0.2, 0.25) is 5.02 Å². The number of imide groups is 2. The van der Waals surface area contributed by atoms with E-state index in [-0.39, 0.29) is 48.8 Å². The number of benzene rings is 2. The van der Waals surface area contributed by atoms with Gasteiger partial charge in [-0.25, -0.2) is 15.0 Å². The van der Waals surface area contributed by atoms with E-state index in [4.69, 9.17) is 30.5 Å². The lowest BCUT2D eigenvalue weighted by Gasteiger charge is -2.35. The van der Waals surface area contributed by atoms with Gasteiger partial charge in [0.25, 0.3) is 17.7 Å². The average molecular weight is 947 g/mol. The first-order chi connectivity index (χ1) is 32.0. The fourth-order valence-corrected chi connectivity index (χ4v) is 8.46. The van der Waals surface area contributed by atoms with Crippen LogP contribution in [0.1, 0.15) is 61.0 Å². The van der Waals surface area contributed by atoms with Crippen molar-refractivity contribution >= 4 is 86.5 Å². The number of halogens is 1. The molecular weight excluding hydrogens is 896 g/mol. The van der Waals surface area contributed by atoms with Crippen molar-refractivity contribution in [2.24, 2.45) is 0 Å². The predicted octanol–water partition coefficient (Wildman–Crippen LogP) is 3.82. The number of rotatable bonds is 22. The molecule has 2 fully saturated rings. The zero-order valence-electron chi connectivity index (χ0n) is 36.6. The van der Waals surface area contributed by atoms with Gasteiger partial charge in [-0.15, -0.1) is 0 Å². The number of para-hydroxylation sites is 1. The van der Waals surface area contributed by atoms with Gasteiger partial charge in [-0.05, 0) is 44.0 Å². The molecule has 7 rings (SSSR count). The van der Waals surface area contributed by atoms with Gasteiger partial charge in [-0.3, -0.25) is 39.0 Å². The molecule has 1 unspecified atom stereocenters. The molecule has 6 amide bonds. The Morgan fingerprint density at radius 2 is 1.56 bits per heavy atom. The van der Waals surface area contributed by atoms with Crippen molar-refractivity contribution in [2.75, 3.05) is 106 Å². The third kappa shape index (κ3) is 12.2. The highest BCUT2D eigenvalue weighted by Crippen LogP contribution is 2.33. The van der Waals surface area contributed by atoms with Crippen molar-refractivity contribution in [2.45, 2.75) is 39.2 Å². The molecule has 1 atom stereocenters. The van der Waals surface area contributed by atoms with Gasteiger partial charge >= 0.3 is 0 Å². The summed E-state index contributed by atoms with van der Waals surface area (Å²) >= 11 is 7.47. The Kier molecular flexibility index (Phi) is 16.6. The number of aromatic nitrogens is 3. The summed E-state index contributed by atoms with van der Waals surface area (Å²) in [5.74, 6) is -0.676. The van der Waals surface area contributed by atoms with Gasteiger partial charge in [0, 0.05) is 50.9 Å². The van der Waals surface area contributed by atoms with Crippen LogP contribution in [-0.4, -0.2) is 152 Å². The van der Waals surface area contributed by atoms with E-state index < -0.39 is 29.7 Å². The second-order valence-electron chi connectivity index (χ2n) is 15.4. The maximum Gasteiger partial charge on any atom is 0.267 e. The summed E-state index contributed by atoms with van der Waals surface area (Å²) in [6, 6.07) is 11.1. The highest BCUT2D eigenvalue weighted by Gasteiger charge is 2.45. The van der Waals surface area contributed by atoms with E-state index in [1.165, 1.54) is 17.5 Å². The summed E-state index contributed by atoms with van der Waals surface area (Å²) in [4.78, 5) is 94.7. The van der Waals surface area contributed by atoms with Crippen LogP contribution in [0, 0.1) is 13.8 Å². The summed E-state index contributed by atoms with van der Waals surface area (Å²) in [7, 11) is 0. The standard InChI is InChI=1S/C44H51ClN10O10S/c1-27-5-3-7-30(45)39(27)52-41(59)33-26-47-44(66-33)50-34-25-35(49-28(2)48-34)53-13-15-54(16-14-53)37(57)11-17-62-19-21-64-23-24-65-22-20-63-18-12-46-31-8-4-6-29-38(31)43(61)55(42(29)60)32-9-10-36(56)51-40(32)58/h3-8,25-26,32,46H,9-24H2,1-2H3,(H,52,59)(H,51,56,58)(H,47,48,49,50). The molecule has 5 heterocycles. The fraction of sp³-hybridized carbons (Fsp3) is 0.432. The molecule has 0 spiro atoms. The molecule has 66 heavy (non-hydrogen) atoms. The number of fused-ring (bicyclic) bond motifs is 1. The Labute approximate surface area is 389 Å². The molecule has 3 aliphatic rings. The lowest BCUT2D eigenvalue weighted by atomic mass is 10.0. The number of piperazine rings is 1. The van der Waals surface area contributed by atoms with Crippen LogP contribution in [0.25, 0.3) is 0 Å².